The first kappa shape index (κ1) is 23.8. The molecule has 4 aromatic carbocycles. The Hall–Kier alpha value is -4.91. The molecule has 1 amide bonds. The largest absolute Gasteiger partial charge is 0.490 e. The van der Waals surface area contributed by atoms with Crippen LogP contribution in [0.4, 0.5) is 11.4 Å². The van der Waals surface area contributed by atoms with Crippen LogP contribution in [0.3, 0.4) is 0 Å². The number of hydrogen-bond donors (Lipinski definition) is 1. The summed E-state index contributed by atoms with van der Waals surface area (Å²) in [5.74, 6) is 1.06. The second kappa shape index (κ2) is 10.8. The third-order valence-electron chi connectivity index (χ3n) is 5.76. The van der Waals surface area contributed by atoms with E-state index >= 15 is 0 Å². The van der Waals surface area contributed by atoms with Crippen molar-refractivity contribution in [2.24, 2.45) is 0 Å². The SMILES string of the molecule is CCOc1cc(-c2nc3ccccc3c(=O)[nH]2)ccc1OCC(=O)N(c1ccccc1)c1ccccc1. The third kappa shape index (κ3) is 5.21. The Bertz CT molecular complexity index is 1540. The molecule has 0 radical (unpaired) electrons. The number of amides is 1. The molecule has 0 aliphatic rings. The van der Waals surface area contributed by atoms with Crippen molar-refractivity contribution in [2.45, 2.75) is 6.92 Å². The average molecular weight is 492 g/mol. The Labute approximate surface area is 213 Å². The molecule has 0 saturated heterocycles. The minimum atomic E-state index is -0.232. The molecular weight excluding hydrogens is 466 g/mol. The highest BCUT2D eigenvalue weighted by Crippen LogP contribution is 2.32. The molecule has 0 fully saturated rings. The fraction of sp³-hybridized carbons (Fsp3) is 0.100. The summed E-state index contributed by atoms with van der Waals surface area (Å²) in [6.45, 7) is 2.06. The maximum atomic E-state index is 13.3. The smallest absolute Gasteiger partial charge is 0.269 e. The predicted molar refractivity (Wildman–Crippen MR) is 144 cm³/mol. The van der Waals surface area contributed by atoms with Gasteiger partial charge in [0, 0.05) is 16.9 Å². The molecule has 1 aromatic heterocycles. The number of aromatic amines is 1. The zero-order chi connectivity index (χ0) is 25.6. The zero-order valence-corrected chi connectivity index (χ0v) is 20.3. The van der Waals surface area contributed by atoms with E-state index in [0.717, 1.165) is 11.4 Å². The number of rotatable bonds is 8. The molecule has 0 unspecified atom stereocenters. The van der Waals surface area contributed by atoms with Gasteiger partial charge in [-0.3, -0.25) is 14.5 Å². The molecular formula is C30H25N3O4. The van der Waals surface area contributed by atoms with Crippen molar-refractivity contribution in [3.8, 4) is 22.9 Å². The molecule has 37 heavy (non-hydrogen) atoms. The molecule has 184 valence electrons. The molecule has 5 aromatic rings. The topological polar surface area (TPSA) is 84.5 Å². The van der Waals surface area contributed by atoms with Gasteiger partial charge < -0.3 is 14.5 Å². The van der Waals surface area contributed by atoms with Gasteiger partial charge in [0.05, 0.1) is 17.5 Å². The van der Waals surface area contributed by atoms with Crippen LogP contribution in [0.5, 0.6) is 11.5 Å². The van der Waals surface area contributed by atoms with Crippen molar-refractivity contribution in [3.63, 3.8) is 0 Å². The van der Waals surface area contributed by atoms with Crippen LogP contribution in [0, 0.1) is 0 Å². The Kier molecular flexibility index (Phi) is 6.94. The first-order valence-corrected chi connectivity index (χ1v) is 12.0. The number of nitrogens with zero attached hydrogens (tertiary/aromatic N) is 2. The minimum Gasteiger partial charge on any atom is -0.490 e. The second-order valence-corrected chi connectivity index (χ2v) is 8.22. The van der Waals surface area contributed by atoms with E-state index in [1.54, 1.807) is 41.3 Å². The molecule has 0 aliphatic carbocycles. The summed E-state index contributed by atoms with van der Waals surface area (Å²) in [4.78, 5) is 34.9. The fourth-order valence-electron chi connectivity index (χ4n) is 4.06. The molecule has 1 N–H and O–H groups in total. The summed E-state index contributed by atoms with van der Waals surface area (Å²) in [5.41, 5.74) is 2.54. The highest BCUT2D eigenvalue weighted by atomic mass is 16.5. The minimum absolute atomic E-state index is 0.200. The van der Waals surface area contributed by atoms with Crippen molar-refractivity contribution < 1.29 is 14.3 Å². The summed E-state index contributed by atoms with van der Waals surface area (Å²) >= 11 is 0. The third-order valence-corrected chi connectivity index (χ3v) is 5.76. The first-order valence-electron chi connectivity index (χ1n) is 12.0. The maximum absolute atomic E-state index is 13.3. The van der Waals surface area contributed by atoms with Gasteiger partial charge in [-0.05, 0) is 61.5 Å². The highest BCUT2D eigenvalue weighted by molar-refractivity contribution is 6.01. The quantitative estimate of drug-likeness (QED) is 0.300. The van der Waals surface area contributed by atoms with E-state index < -0.39 is 0 Å². The number of H-pyrrole nitrogens is 1. The van der Waals surface area contributed by atoms with Crippen LogP contribution in [0.2, 0.25) is 0 Å². The van der Waals surface area contributed by atoms with Crippen molar-refractivity contribution >= 4 is 28.2 Å². The van der Waals surface area contributed by atoms with E-state index in [1.165, 1.54) is 0 Å². The van der Waals surface area contributed by atoms with Crippen LogP contribution in [0.1, 0.15) is 6.92 Å². The number of carbonyl (C=O) groups is 1. The Morgan fingerprint density at radius 2 is 1.46 bits per heavy atom. The molecule has 5 rings (SSSR count). The van der Waals surface area contributed by atoms with E-state index in [9.17, 15) is 9.59 Å². The van der Waals surface area contributed by atoms with Gasteiger partial charge in [-0.1, -0.05) is 48.5 Å². The van der Waals surface area contributed by atoms with Crippen molar-refractivity contribution in [1.29, 1.82) is 0 Å². The number of ether oxygens (including phenoxy) is 2. The van der Waals surface area contributed by atoms with Gasteiger partial charge in [0.15, 0.2) is 18.1 Å². The Balaban J connectivity index is 1.42. The van der Waals surface area contributed by atoms with Crippen molar-refractivity contribution in [1.82, 2.24) is 9.97 Å². The number of nitrogens with one attached hydrogen (secondary N) is 1. The van der Waals surface area contributed by atoms with E-state index in [2.05, 4.69) is 9.97 Å². The normalized spacial score (nSPS) is 10.7. The molecule has 7 heteroatoms. The van der Waals surface area contributed by atoms with Gasteiger partial charge in [-0.25, -0.2) is 4.98 Å². The number of para-hydroxylation sites is 3. The van der Waals surface area contributed by atoms with E-state index in [0.29, 0.717) is 40.4 Å². The van der Waals surface area contributed by atoms with Gasteiger partial charge in [-0.2, -0.15) is 0 Å². The number of benzene rings is 4. The number of carbonyl (C=O) groups excluding carboxylic acids is 1. The summed E-state index contributed by atoms with van der Waals surface area (Å²) in [6.07, 6.45) is 0. The summed E-state index contributed by atoms with van der Waals surface area (Å²) in [5, 5.41) is 0.524. The monoisotopic (exact) mass is 491 g/mol. The molecule has 0 atom stereocenters. The lowest BCUT2D eigenvalue weighted by molar-refractivity contribution is -0.119. The van der Waals surface area contributed by atoms with Crippen LogP contribution >= 0.6 is 0 Å². The van der Waals surface area contributed by atoms with Crippen molar-refractivity contribution in [3.05, 3.63) is 113 Å². The number of anilines is 2. The van der Waals surface area contributed by atoms with Crippen molar-refractivity contribution in [2.75, 3.05) is 18.1 Å². The standard InChI is InChI=1S/C30H25N3O4/c1-2-36-27-19-21(29-31-25-16-10-9-15-24(25)30(35)32-29)17-18-26(27)37-20-28(34)33(22-11-5-3-6-12-22)23-13-7-4-8-14-23/h3-19H,2,20H2,1H3,(H,31,32,35). The van der Waals surface area contributed by atoms with Gasteiger partial charge >= 0.3 is 0 Å². The van der Waals surface area contributed by atoms with E-state index in [-0.39, 0.29) is 18.1 Å². The molecule has 7 nitrogen and oxygen atoms in total. The van der Waals surface area contributed by atoms with E-state index in [4.69, 9.17) is 9.47 Å². The first-order chi connectivity index (χ1) is 18.1. The zero-order valence-electron chi connectivity index (χ0n) is 20.3. The lowest BCUT2D eigenvalue weighted by Crippen LogP contribution is -2.31. The number of aromatic nitrogens is 2. The summed E-state index contributed by atoms with van der Waals surface area (Å²) in [7, 11) is 0. The molecule has 0 saturated carbocycles. The predicted octanol–water partition coefficient (Wildman–Crippen LogP) is 5.73. The summed E-state index contributed by atoms with van der Waals surface area (Å²) in [6, 6.07) is 31.3. The lowest BCUT2D eigenvalue weighted by atomic mass is 10.1. The highest BCUT2D eigenvalue weighted by Gasteiger charge is 2.19. The fourth-order valence-corrected chi connectivity index (χ4v) is 4.06. The van der Waals surface area contributed by atoms with Crippen LogP contribution < -0.4 is 19.9 Å². The van der Waals surface area contributed by atoms with Crippen LogP contribution in [0.25, 0.3) is 22.3 Å². The molecule has 1 heterocycles. The van der Waals surface area contributed by atoms with Gasteiger partial charge in [-0.15, -0.1) is 0 Å². The lowest BCUT2D eigenvalue weighted by Gasteiger charge is -2.23. The molecule has 0 spiro atoms. The Morgan fingerprint density at radius 3 is 2.14 bits per heavy atom. The van der Waals surface area contributed by atoms with Crippen LogP contribution in [-0.2, 0) is 4.79 Å². The number of hydrogen-bond acceptors (Lipinski definition) is 5. The van der Waals surface area contributed by atoms with Gasteiger partial charge in [0.1, 0.15) is 5.82 Å². The number of fused-ring (bicyclic) bond motifs is 1. The van der Waals surface area contributed by atoms with Gasteiger partial charge in [0.25, 0.3) is 11.5 Å². The second-order valence-electron chi connectivity index (χ2n) is 8.22. The maximum Gasteiger partial charge on any atom is 0.269 e. The van der Waals surface area contributed by atoms with Crippen LogP contribution in [-0.4, -0.2) is 29.1 Å². The Morgan fingerprint density at radius 1 is 0.811 bits per heavy atom. The molecule has 0 aliphatic heterocycles. The van der Waals surface area contributed by atoms with Gasteiger partial charge in [0.2, 0.25) is 0 Å². The van der Waals surface area contributed by atoms with E-state index in [1.807, 2.05) is 73.7 Å². The van der Waals surface area contributed by atoms with Crippen LogP contribution in [0.15, 0.2) is 108 Å². The molecule has 0 bridgehead atoms. The summed E-state index contributed by atoms with van der Waals surface area (Å²) < 4.78 is 11.8. The average Bonchev–Trinajstić information content (AvgIpc) is 2.94.